The molecule has 1 fully saturated rings. The van der Waals surface area contributed by atoms with E-state index in [0.29, 0.717) is 42.7 Å². The van der Waals surface area contributed by atoms with Crippen LogP contribution in [0.1, 0.15) is 32.7 Å². The number of thiophene rings is 1. The Balaban J connectivity index is 1.32. The predicted octanol–water partition coefficient (Wildman–Crippen LogP) is 3.24. The summed E-state index contributed by atoms with van der Waals surface area (Å²) in [6.07, 6.45) is 2.36. The zero-order chi connectivity index (χ0) is 22.7. The van der Waals surface area contributed by atoms with E-state index in [1.165, 1.54) is 17.6 Å². The van der Waals surface area contributed by atoms with Crippen LogP contribution in [-0.4, -0.2) is 54.5 Å². The fourth-order valence-electron chi connectivity index (χ4n) is 3.52. The summed E-state index contributed by atoms with van der Waals surface area (Å²) in [6, 6.07) is 7.26. The van der Waals surface area contributed by atoms with Gasteiger partial charge in [-0.25, -0.2) is 4.79 Å². The summed E-state index contributed by atoms with van der Waals surface area (Å²) < 4.78 is 16.3. The summed E-state index contributed by atoms with van der Waals surface area (Å²) in [5.74, 6) is 0.307. The second-order valence-corrected chi connectivity index (χ2v) is 8.41. The first kappa shape index (κ1) is 21.6. The number of oxazole rings is 1. The van der Waals surface area contributed by atoms with Crippen molar-refractivity contribution in [3.63, 3.8) is 0 Å². The molecule has 1 aliphatic heterocycles. The molecule has 4 heterocycles. The Labute approximate surface area is 188 Å². The Kier molecular flexibility index (Phi) is 6.28. The maximum absolute atomic E-state index is 12.5. The number of rotatable bonds is 6. The zero-order valence-corrected chi connectivity index (χ0v) is 18.6. The molecule has 0 saturated carbocycles. The lowest BCUT2D eigenvalue weighted by atomic mass is 10.2. The number of amides is 1. The number of furan rings is 1. The Hall–Kier alpha value is -3.58. The molecule has 0 spiro atoms. The van der Waals surface area contributed by atoms with Crippen molar-refractivity contribution < 1.29 is 23.2 Å². The number of hydrogen-bond acceptors (Lipinski definition) is 9. The maximum atomic E-state index is 12.5. The lowest BCUT2D eigenvalue weighted by Gasteiger charge is -2.34. The van der Waals surface area contributed by atoms with Gasteiger partial charge in [0.1, 0.15) is 10.9 Å². The van der Waals surface area contributed by atoms with Crippen LogP contribution in [0.4, 0.5) is 5.88 Å². The standard InChI is InChI=1S/C22H22N4O5S/c1-3-17-14(2)11-18(32-17)22(28)30-13-19(27)25-6-8-26(9-7-25)21-15(12-23)24-20(31-21)16-5-4-10-29-16/h4-5,10-11H,3,6-9,13H2,1-2H3. The molecular formula is C22H22N4O5S. The van der Waals surface area contributed by atoms with Gasteiger partial charge in [0.05, 0.1) is 6.26 Å². The van der Waals surface area contributed by atoms with Crippen molar-refractivity contribution in [2.75, 3.05) is 37.7 Å². The third-order valence-corrected chi connectivity index (χ3v) is 6.60. The van der Waals surface area contributed by atoms with Crippen LogP contribution in [0, 0.1) is 18.3 Å². The van der Waals surface area contributed by atoms with Crippen molar-refractivity contribution in [1.82, 2.24) is 9.88 Å². The van der Waals surface area contributed by atoms with E-state index in [-0.39, 0.29) is 24.1 Å². The van der Waals surface area contributed by atoms with Gasteiger partial charge in [-0.05, 0) is 37.1 Å². The lowest BCUT2D eigenvalue weighted by molar-refractivity contribution is -0.134. The number of ether oxygens (including phenoxy) is 1. The number of piperazine rings is 1. The van der Waals surface area contributed by atoms with Crippen LogP contribution in [0.25, 0.3) is 11.7 Å². The quantitative estimate of drug-likeness (QED) is 0.522. The second-order valence-electron chi connectivity index (χ2n) is 7.28. The SMILES string of the molecule is CCc1sc(C(=O)OCC(=O)N2CCN(c3oc(-c4ccco4)nc3C#N)CC2)cc1C. The predicted molar refractivity (Wildman–Crippen MR) is 116 cm³/mol. The molecule has 1 amide bonds. The van der Waals surface area contributed by atoms with E-state index in [1.807, 2.05) is 24.8 Å². The number of hydrogen-bond donors (Lipinski definition) is 0. The number of carbonyl (C=O) groups is 2. The van der Waals surface area contributed by atoms with E-state index in [4.69, 9.17) is 13.6 Å². The molecular weight excluding hydrogens is 432 g/mol. The molecule has 0 atom stereocenters. The summed E-state index contributed by atoms with van der Waals surface area (Å²) in [5.41, 5.74) is 1.23. The zero-order valence-electron chi connectivity index (χ0n) is 17.8. The van der Waals surface area contributed by atoms with E-state index in [9.17, 15) is 14.9 Å². The van der Waals surface area contributed by atoms with Gasteiger partial charge in [0.15, 0.2) is 12.4 Å². The molecule has 9 nitrogen and oxygen atoms in total. The number of esters is 1. The van der Waals surface area contributed by atoms with Gasteiger partial charge in [0.25, 0.3) is 11.8 Å². The third-order valence-electron chi connectivity index (χ3n) is 5.24. The first-order chi connectivity index (χ1) is 15.5. The van der Waals surface area contributed by atoms with Crippen LogP contribution < -0.4 is 4.90 Å². The van der Waals surface area contributed by atoms with Crippen LogP contribution in [0.15, 0.2) is 33.3 Å². The van der Waals surface area contributed by atoms with Gasteiger partial charge in [-0.1, -0.05) is 6.92 Å². The van der Waals surface area contributed by atoms with Gasteiger partial charge in [-0.3, -0.25) is 4.79 Å². The van der Waals surface area contributed by atoms with Crippen LogP contribution in [0.3, 0.4) is 0 Å². The van der Waals surface area contributed by atoms with E-state index in [0.717, 1.165) is 16.9 Å². The van der Waals surface area contributed by atoms with Crippen molar-refractivity contribution in [2.24, 2.45) is 0 Å². The van der Waals surface area contributed by atoms with Crippen LogP contribution in [0.5, 0.6) is 0 Å². The molecule has 0 bridgehead atoms. The van der Waals surface area contributed by atoms with Crippen molar-refractivity contribution in [2.45, 2.75) is 20.3 Å². The van der Waals surface area contributed by atoms with Crippen LogP contribution in [-0.2, 0) is 16.0 Å². The largest absolute Gasteiger partial charge is 0.459 e. The first-order valence-electron chi connectivity index (χ1n) is 10.2. The summed E-state index contributed by atoms with van der Waals surface area (Å²) in [4.78, 5) is 34.1. The molecule has 0 radical (unpaired) electrons. The third kappa shape index (κ3) is 4.38. The number of nitrogens with zero attached hydrogens (tertiary/aromatic N) is 4. The second kappa shape index (κ2) is 9.28. The van der Waals surface area contributed by atoms with E-state index in [1.54, 1.807) is 23.1 Å². The molecule has 4 rings (SSSR count). The molecule has 10 heteroatoms. The molecule has 0 N–H and O–H groups in total. The molecule has 0 aromatic carbocycles. The number of anilines is 1. The van der Waals surface area contributed by atoms with Gasteiger partial charge in [0.2, 0.25) is 11.6 Å². The summed E-state index contributed by atoms with van der Waals surface area (Å²) in [5, 5.41) is 9.41. The van der Waals surface area contributed by atoms with Crippen LogP contribution in [0.2, 0.25) is 0 Å². The highest BCUT2D eigenvalue weighted by Gasteiger charge is 2.27. The Morgan fingerprint density at radius 2 is 2.09 bits per heavy atom. The molecule has 166 valence electrons. The average Bonchev–Trinajstić information content (AvgIpc) is 3.56. The molecule has 3 aromatic heterocycles. The van der Waals surface area contributed by atoms with Crippen molar-refractivity contribution in [3.8, 4) is 17.7 Å². The normalized spacial score (nSPS) is 13.8. The van der Waals surface area contributed by atoms with E-state index >= 15 is 0 Å². The first-order valence-corrected chi connectivity index (χ1v) is 11.1. The number of nitriles is 1. The Morgan fingerprint density at radius 1 is 1.31 bits per heavy atom. The van der Waals surface area contributed by atoms with Gasteiger partial charge in [-0.2, -0.15) is 10.2 Å². The number of aromatic nitrogens is 1. The number of carbonyl (C=O) groups excluding carboxylic acids is 2. The molecule has 1 saturated heterocycles. The smallest absolute Gasteiger partial charge is 0.348 e. The lowest BCUT2D eigenvalue weighted by Crippen LogP contribution is -2.50. The van der Waals surface area contributed by atoms with E-state index in [2.05, 4.69) is 4.98 Å². The highest BCUT2D eigenvalue weighted by atomic mass is 32.1. The molecule has 3 aromatic rings. The minimum absolute atomic E-state index is 0.169. The topological polar surface area (TPSA) is 113 Å². The average molecular weight is 455 g/mol. The fraction of sp³-hybridized carbons (Fsp3) is 0.364. The molecule has 0 unspecified atom stereocenters. The summed E-state index contributed by atoms with van der Waals surface area (Å²) >= 11 is 1.40. The Bertz CT molecular complexity index is 1150. The van der Waals surface area contributed by atoms with E-state index < -0.39 is 5.97 Å². The minimum Gasteiger partial charge on any atom is -0.459 e. The Morgan fingerprint density at radius 3 is 2.72 bits per heavy atom. The van der Waals surface area contributed by atoms with Gasteiger partial charge in [0, 0.05) is 31.1 Å². The highest BCUT2D eigenvalue weighted by molar-refractivity contribution is 7.14. The maximum Gasteiger partial charge on any atom is 0.348 e. The van der Waals surface area contributed by atoms with Crippen molar-refractivity contribution in [1.29, 1.82) is 5.26 Å². The minimum atomic E-state index is -0.476. The van der Waals surface area contributed by atoms with Gasteiger partial charge < -0.3 is 23.4 Å². The highest BCUT2D eigenvalue weighted by Crippen LogP contribution is 2.29. The van der Waals surface area contributed by atoms with Crippen LogP contribution >= 0.6 is 11.3 Å². The van der Waals surface area contributed by atoms with Gasteiger partial charge in [-0.15, -0.1) is 11.3 Å². The molecule has 1 aliphatic rings. The molecule has 32 heavy (non-hydrogen) atoms. The number of aryl methyl sites for hydroxylation is 2. The molecule has 0 aliphatic carbocycles. The van der Waals surface area contributed by atoms with Gasteiger partial charge >= 0.3 is 5.97 Å². The summed E-state index contributed by atoms with van der Waals surface area (Å²) in [7, 11) is 0. The van der Waals surface area contributed by atoms with Crippen molar-refractivity contribution in [3.05, 3.63) is 45.5 Å². The monoisotopic (exact) mass is 454 g/mol. The summed E-state index contributed by atoms with van der Waals surface area (Å²) in [6.45, 7) is 5.45. The van der Waals surface area contributed by atoms with Crippen molar-refractivity contribution >= 4 is 29.1 Å². The fourth-order valence-corrected chi connectivity index (χ4v) is 4.53.